The number of nitrogens with zero attached hydrogens (tertiary/aromatic N) is 4. The third kappa shape index (κ3) is 4.26. The first-order valence-corrected chi connectivity index (χ1v) is 8.51. The summed E-state index contributed by atoms with van der Waals surface area (Å²) in [5, 5.41) is 0. The zero-order valence-electron chi connectivity index (χ0n) is 13.9. The Labute approximate surface area is 138 Å². The second-order valence-corrected chi connectivity index (χ2v) is 5.88. The average molecular weight is 314 g/mol. The fourth-order valence-electron chi connectivity index (χ4n) is 3.10. The predicted octanol–water partition coefficient (Wildman–Crippen LogP) is 2.49. The molecule has 3 rings (SSSR count). The lowest BCUT2D eigenvalue weighted by atomic mass is 10.2. The number of hydrogen-bond donors (Lipinski definition) is 0. The van der Waals surface area contributed by atoms with Gasteiger partial charge < -0.3 is 14.2 Å². The van der Waals surface area contributed by atoms with Crippen molar-refractivity contribution in [2.75, 3.05) is 44.2 Å². The zero-order chi connectivity index (χ0) is 15.9. The van der Waals surface area contributed by atoms with Gasteiger partial charge >= 0.3 is 0 Å². The van der Waals surface area contributed by atoms with Crippen LogP contribution in [0.5, 0.6) is 5.75 Å². The van der Waals surface area contributed by atoms with E-state index in [1.54, 1.807) is 0 Å². The highest BCUT2D eigenvalue weighted by Gasteiger charge is 2.19. The zero-order valence-corrected chi connectivity index (χ0v) is 13.9. The second-order valence-electron chi connectivity index (χ2n) is 5.88. The Morgan fingerprint density at radius 1 is 1.09 bits per heavy atom. The number of rotatable bonds is 7. The smallest absolute Gasteiger partial charge is 0.142 e. The van der Waals surface area contributed by atoms with E-state index in [1.807, 2.05) is 31.7 Å². The standard InChI is InChI=1S/C18H26N4O/c1-2-23-18-7-4-3-6-17(18)22-14-12-20(13-15-22)9-5-10-21-11-8-19-16-21/h3-4,6-8,11,16H,2,5,9-10,12-15H2,1H3. The van der Waals surface area contributed by atoms with Crippen LogP contribution in [0.3, 0.4) is 0 Å². The minimum atomic E-state index is 0.714. The molecule has 23 heavy (non-hydrogen) atoms. The van der Waals surface area contributed by atoms with E-state index < -0.39 is 0 Å². The summed E-state index contributed by atoms with van der Waals surface area (Å²) in [5.41, 5.74) is 1.23. The molecule has 0 N–H and O–H groups in total. The fourth-order valence-corrected chi connectivity index (χ4v) is 3.10. The van der Waals surface area contributed by atoms with Crippen LogP contribution in [-0.2, 0) is 6.54 Å². The van der Waals surface area contributed by atoms with Gasteiger partial charge in [0.2, 0.25) is 0 Å². The molecule has 1 aliphatic rings. The molecule has 1 aliphatic heterocycles. The van der Waals surface area contributed by atoms with Gasteiger partial charge in [0.25, 0.3) is 0 Å². The fraction of sp³-hybridized carbons (Fsp3) is 0.500. The number of para-hydroxylation sites is 2. The van der Waals surface area contributed by atoms with Crippen molar-refractivity contribution >= 4 is 5.69 Å². The number of anilines is 1. The topological polar surface area (TPSA) is 33.5 Å². The molecule has 2 heterocycles. The second kappa shape index (κ2) is 8.02. The maximum Gasteiger partial charge on any atom is 0.142 e. The van der Waals surface area contributed by atoms with Crippen LogP contribution in [0.15, 0.2) is 43.0 Å². The summed E-state index contributed by atoms with van der Waals surface area (Å²) in [6, 6.07) is 8.37. The number of aryl methyl sites for hydroxylation is 1. The quantitative estimate of drug-likeness (QED) is 0.786. The van der Waals surface area contributed by atoms with E-state index in [1.165, 1.54) is 12.1 Å². The van der Waals surface area contributed by atoms with E-state index in [4.69, 9.17) is 4.74 Å². The number of piperazine rings is 1. The summed E-state index contributed by atoms with van der Waals surface area (Å²) in [7, 11) is 0. The third-order valence-electron chi connectivity index (χ3n) is 4.33. The lowest BCUT2D eigenvalue weighted by molar-refractivity contribution is 0.249. The van der Waals surface area contributed by atoms with Gasteiger partial charge in [-0.15, -0.1) is 0 Å². The van der Waals surface area contributed by atoms with Crippen molar-refractivity contribution in [3.8, 4) is 5.75 Å². The monoisotopic (exact) mass is 314 g/mol. The number of hydrogen-bond acceptors (Lipinski definition) is 4. The minimum absolute atomic E-state index is 0.714. The molecule has 0 amide bonds. The first kappa shape index (κ1) is 15.9. The number of ether oxygens (including phenoxy) is 1. The van der Waals surface area contributed by atoms with Gasteiger partial charge in [-0.1, -0.05) is 12.1 Å². The molecule has 1 saturated heterocycles. The Morgan fingerprint density at radius 2 is 1.91 bits per heavy atom. The van der Waals surface area contributed by atoms with Gasteiger partial charge in [0, 0.05) is 45.1 Å². The van der Waals surface area contributed by atoms with Gasteiger partial charge in [0.05, 0.1) is 18.6 Å². The van der Waals surface area contributed by atoms with Crippen LogP contribution in [0.4, 0.5) is 5.69 Å². The molecule has 0 unspecified atom stereocenters. The Bertz CT molecular complexity index is 576. The van der Waals surface area contributed by atoms with Crippen molar-refractivity contribution in [1.29, 1.82) is 0 Å². The molecule has 0 spiro atoms. The van der Waals surface area contributed by atoms with Crippen LogP contribution < -0.4 is 9.64 Å². The molecule has 5 nitrogen and oxygen atoms in total. The van der Waals surface area contributed by atoms with Gasteiger partial charge in [-0.05, 0) is 32.0 Å². The van der Waals surface area contributed by atoms with E-state index in [0.717, 1.165) is 45.0 Å². The Balaban J connectivity index is 1.46. The van der Waals surface area contributed by atoms with Gasteiger partial charge in [0.1, 0.15) is 5.75 Å². The Kier molecular flexibility index (Phi) is 5.53. The molecular weight excluding hydrogens is 288 g/mol. The summed E-state index contributed by atoms with van der Waals surface area (Å²) in [6.45, 7) is 9.31. The molecular formula is C18H26N4O. The molecule has 124 valence electrons. The van der Waals surface area contributed by atoms with Crippen molar-refractivity contribution in [3.63, 3.8) is 0 Å². The van der Waals surface area contributed by atoms with E-state index in [9.17, 15) is 0 Å². The predicted molar refractivity (Wildman–Crippen MR) is 93.1 cm³/mol. The van der Waals surface area contributed by atoms with Crippen molar-refractivity contribution in [3.05, 3.63) is 43.0 Å². The van der Waals surface area contributed by atoms with Crippen molar-refractivity contribution in [2.24, 2.45) is 0 Å². The van der Waals surface area contributed by atoms with Crippen molar-refractivity contribution < 1.29 is 4.74 Å². The molecule has 0 atom stereocenters. The van der Waals surface area contributed by atoms with E-state index in [0.29, 0.717) is 6.61 Å². The normalized spacial score (nSPS) is 15.8. The molecule has 0 bridgehead atoms. The van der Waals surface area contributed by atoms with E-state index in [-0.39, 0.29) is 0 Å². The van der Waals surface area contributed by atoms with Crippen molar-refractivity contribution in [1.82, 2.24) is 14.5 Å². The first-order chi connectivity index (χ1) is 11.4. The van der Waals surface area contributed by atoms with Crippen LogP contribution in [0, 0.1) is 0 Å². The highest BCUT2D eigenvalue weighted by Crippen LogP contribution is 2.28. The first-order valence-electron chi connectivity index (χ1n) is 8.51. The molecule has 0 aliphatic carbocycles. The largest absolute Gasteiger partial charge is 0.492 e. The number of imidazole rings is 1. The lowest BCUT2D eigenvalue weighted by Crippen LogP contribution is -2.46. The molecule has 1 fully saturated rings. The van der Waals surface area contributed by atoms with Crippen molar-refractivity contribution in [2.45, 2.75) is 19.9 Å². The van der Waals surface area contributed by atoms with Crippen LogP contribution in [-0.4, -0.2) is 53.8 Å². The highest BCUT2D eigenvalue weighted by atomic mass is 16.5. The summed E-state index contributed by atoms with van der Waals surface area (Å²) < 4.78 is 7.91. The lowest BCUT2D eigenvalue weighted by Gasteiger charge is -2.36. The Morgan fingerprint density at radius 3 is 2.65 bits per heavy atom. The summed E-state index contributed by atoms with van der Waals surface area (Å²) in [6.07, 6.45) is 6.94. The van der Waals surface area contributed by atoms with Gasteiger partial charge in [0.15, 0.2) is 0 Å². The van der Waals surface area contributed by atoms with Gasteiger partial charge in [-0.3, -0.25) is 4.90 Å². The van der Waals surface area contributed by atoms with Crippen LogP contribution in [0.25, 0.3) is 0 Å². The molecule has 2 aromatic rings. The summed E-state index contributed by atoms with van der Waals surface area (Å²) in [4.78, 5) is 9.08. The van der Waals surface area contributed by atoms with Gasteiger partial charge in [-0.25, -0.2) is 4.98 Å². The minimum Gasteiger partial charge on any atom is -0.492 e. The van der Waals surface area contributed by atoms with Gasteiger partial charge in [-0.2, -0.15) is 0 Å². The maximum absolute atomic E-state index is 5.76. The summed E-state index contributed by atoms with van der Waals surface area (Å²) >= 11 is 0. The SMILES string of the molecule is CCOc1ccccc1N1CCN(CCCn2ccnc2)CC1. The number of aromatic nitrogens is 2. The highest BCUT2D eigenvalue weighted by molar-refractivity contribution is 5.58. The van der Waals surface area contributed by atoms with E-state index >= 15 is 0 Å². The molecule has 1 aromatic heterocycles. The third-order valence-corrected chi connectivity index (χ3v) is 4.33. The maximum atomic E-state index is 5.76. The molecule has 5 heteroatoms. The Hall–Kier alpha value is -2.01. The molecule has 0 radical (unpaired) electrons. The van der Waals surface area contributed by atoms with Crippen LogP contribution in [0.1, 0.15) is 13.3 Å². The molecule has 1 aromatic carbocycles. The van der Waals surface area contributed by atoms with Crippen LogP contribution >= 0.6 is 0 Å². The van der Waals surface area contributed by atoms with E-state index in [2.05, 4.69) is 37.5 Å². The number of benzene rings is 1. The van der Waals surface area contributed by atoms with Crippen LogP contribution in [0.2, 0.25) is 0 Å². The molecule has 0 saturated carbocycles. The average Bonchev–Trinajstić information content (AvgIpc) is 3.10. The summed E-state index contributed by atoms with van der Waals surface area (Å²) in [5.74, 6) is 1.00.